The van der Waals surface area contributed by atoms with Gasteiger partial charge in [0.1, 0.15) is 5.75 Å². The lowest BCUT2D eigenvalue weighted by Crippen LogP contribution is -2.35. The van der Waals surface area contributed by atoms with Crippen LogP contribution in [0.5, 0.6) is 5.75 Å². The fourth-order valence-electron chi connectivity index (χ4n) is 1.98. The second-order valence-corrected chi connectivity index (χ2v) is 4.88. The smallest absolute Gasteiger partial charge is 0.232 e. The van der Waals surface area contributed by atoms with Gasteiger partial charge in [-0.05, 0) is 18.6 Å². The van der Waals surface area contributed by atoms with Crippen LogP contribution >= 0.6 is 0 Å². The molecule has 0 bridgehead atoms. The maximum absolute atomic E-state index is 9.18. The van der Waals surface area contributed by atoms with E-state index >= 15 is 0 Å². The molecule has 118 valence electrons. The lowest BCUT2D eigenvalue weighted by molar-refractivity contribution is -0.143. The number of benzene rings is 1. The number of nitrogens with zero attached hydrogens (tertiary/aromatic N) is 2. The molecule has 6 nitrogen and oxygen atoms in total. The van der Waals surface area contributed by atoms with Crippen molar-refractivity contribution >= 4 is 6.41 Å². The SMILES string of the molecule is CN(O)C=O.COc1cc(C)ccc1CN1CCOCC1. The first-order valence-corrected chi connectivity index (χ1v) is 6.87. The van der Waals surface area contributed by atoms with Crippen LogP contribution in [0.25, 0.3) is 0 Å². The summed E-state index contributed by atoms with van der Waals surface area (Å²) in [6.07, 6.45) is 0.306. The maximum atomic E-state index is 9.18. The average molecular weight is 296 g/mol. The van der Waals surface area contributed by atoms with E-state index in [1.54, 1.807) is 7.11 Å². The Morgan fingerprint density at radius 1 is 1.43 bits per heavy atom. The Morgan fingerprint density at radius 3 is 2.57 bits per heavy atom. The molecule has 1 heterocycles. The summed E-state index contributed by atoms with van der Waals surface area (Å²) in [5, 5.41) is 8.27. The molecule has 0 aromatic heterocycles. The molecule has 1 fully saturated rings. The number of hydrogen-bond acceptors (Lipinski definition) is 5. The van der Waals surface area contributed by atoms with Gasteiger partial charge in [0.2, 0.25) is 6.41 Å². The number of amides is 1. The number of hydroxylamine groups is 2. The molecule has 0 atom stereocenters. The van der Waals surface area contributed by atoms with Crippen molar-refractivity contribution in [2.75, 3.05) is 40.5 Å². The summed E-state index contributed by atoms with van der Waals surface area (Å²) in [7, 11) is 2.98. The van der Waals surface area contributed by atoms with Gasteiger partial charge in [0.15, 0.2) is 0 Å². The summed E-state index contributed by atoms with van der Waals surface area (Å²) in [6, 6.07) is 6.39. The molecule has 0 radical (unpaired) electrons. The lowest BCUT2D eigenvalue weighted by atomic mass is 10.1. The number of aryl methyl sites for hydroxylation is 1. The van der Waals surface area contributed by atoms with E-state index in [-0.39, 0.29) is 0 Å². The van der Waals surface area contributed by atoms with Crippen molar-refractivity contribution in [2.24, 2.45) is 0 Å². The van der Waals surface area contributed by atoms with Crippen LogP contribution in [0.4, 0.5) is 0 Å². The Hall–Kier alpha value is -1.63. The van der Waals surface area contributed by atoms with Crippen molar-refractivity contribution in [3.8, 4) is 5.75 Å². The Bertz CT molecular complexity index is 432. The van der Waals surface area contributed by atoms with Gasteiger partial charge in [0, 0.05) is 32.2 Å². The third-order valence-electron chi connectivity index (χ3n) is 3.09. The first kappa shape index (κ1) is 17.4. The average Bonchev–Trinajstić information content (AvgIpc) is 2.50. The monoisotopic (exact) mass is 296 g/mol. The van der Waals surface area contributed by atoms with Crippen LogP contribution in [0, 0.1) is 6.92 Å². The second-order valence-electron chi connectivity index (χ2n) is 4.88. The van der Waals surface area contributed by atoms with E-state index in [2.05, 4.69) is 30.0 Å². The summed E-state index contributed by atoms with van der Waals surface area (Å²) >= 11 is 0. The van der Waals surface area contributed by atoms with E-state index in [0.717, 1.165) is 38.6 Å². The molecule has 1 aromatic rings. The molecule has 0 saturated carbocycles. The fraction of sp³-hybridized carbons (Fsp3) is 0.533. The summed E-state index contributed by atoms with van der Waals surface area (Å²) in [5.74, 6) is 0.992. The van der Waals surface area contributed by atoms with Crippen molar-refractivity contribution in [1.29, 1.82) is 0 Å². The van der Waals surface area contributed by atoms with Gasteiger partial charge in [-0.2, -0.15) is 0 Å². The van der Waals surface area contributed by atoms with Crippen LogP contribution in [0.3, 0.4) is 0 Å². The van der Waals surface area contributed by atoms with Gasteiger partial charge in [0.25, 0.3) is 0 Å². The molecule has 21 heavy (non-hydrogen) atoms. The topological polar surface area (TPSA) is 62.2 Å². The van der Waals surface area contributed by atoms with Crippen molar-refractivity contribution in [1.82, 2.24) is 9.96 Å². The molecule has 0 unspecified atom stereocenters. The quantitative estimate of drug-likeness (QED) is 0.515. The minimum Gasteiger partial charge on any atom is -0.496 e. The number of morpholine rings is 1. The van der Waals surface area contributed by atoms with E-state index in [4.69, 9.17) is 14.7 Å². The largest absolute Gasteiger partial charge is 0.496 e. The van der Waals surface area contributed by atoms with E-state index in [1.165, 1.54) is 18.2 Å². The predicted molar refractivity (Wildman–Crippen MR) is 79.4 cm³/mol. The molecule has 0 spiro atoms. The third-order valence-corrected chi connectivity index (χ3v) is 3.09. The highest BCUT2D eigenvalue weighted by atomic mass is 16.5. The highest BCUT2D eigenvalue weighted by Crippen LogP contribution is 2.21. The summed E-state index contributed by atoms with van der Waals surface area (Å²) in [5.41, 5.74) is 2.50. The Kier molecular flexibility index (Phi) is 7.74. The zero-order valence-corrected chi connectivity index (χ0v) is 12.9. The lowest BCUT2D eigenvalue weighted by Gasteiger charge is -2.27. The maximum Gasteiger partial charge on any atom is 0.232 e. The Balaban J connectivity index is 0.000000383. The Morgan fingerprint density at radius 2 is 2.05 bits per heavy atom. The molecular formula is C15H24N2O4. The van der Waals surface area contributed by atoms with Crippen molar-refractivity contribution in [2.45, 2.75) is 13.5 Å². The highest BCUT2D eigenvalue weighted by molar-refractivity contribution is 5.43. The molecule has 0 aliphatic carbocycles. The van der Waals surface area contributed by atoms with Crippen molar-refractivity contribution in [3.05, 3.63) is 29.3 Å². The van der Waals surface area contributed by atoms with Crippen LogP contribution in [0.15, 0.2) is 18.2 Å². The van der Waals surface area contributed by atoms with Crippen LogP contribution in [0.2, 0.25) is 0 Å². The van der Waals surface area contributed by atoms with Gasteiger partial charge < -0.3 is 9.47 Å². The van der Waals surface area contributed by atoms with Crippen molar-refractivity contribution in [3.63, 3.8) is 0 Å². The van der Waals surface area contributed by atoms with E-state index < -0.39 is 0 Å². The molecule has 2 rings (SSSR count). The number of methoxy groups -OCH3 is 1. The van der Waals surface area contributed by atoms with Crippen LogP contribution < -0.4 is 4.74 Å². The molecule has 1 aromatic carbocycles. The molecule has 1 aliphatic heterocycles. The zero-order valence-electron chi connectivity index (χ0n) is 12.9. The van der Waals surface area contributed by atoms with Gasteiger partial charge >= 0.3 is 0 Å². The first-order chi connectivity index (χ1) is 10.1. The standard InChI is InChI=1S/C13H19NO2.C2H5NO2/c1-11-3-4-12(13(9-11)15-2)10-14-5-7-16-8-6-14;1-3(5)2-4/h3-4,9H,5-8,10H2,1-2H3;2,5H,1H3. The molecule has 1 amide bonds. The number of carbonyl (C=O) groups is 1. The molecule has 6 heteroatoms. The fourth-order valence-corrected chi connectivity index (χ4v) is 1.98. The third kappa shape index (κ3) is 6.57. The predicted octanol–water partition coefficient (Wildman–Crippen LogP) is 1.30. The summed E-state index contributed by atoms with van der Waals surface area (Å²) in [4.78, 5) is 11.6. The van der Waals surface area contributed by atoms with Crippen LogP contribution in [-0.2, 0) is 16.1 Å². The first-order valence-electron chi connectivity index (χ1n) is 6.87. The molecular weight excluding hydrogens is 272 g/mol. The summed E-state index contributed by atoms with van der Waals surface area (Å²) < 4.78 is 10.7. The number of ether oxygens (including phenoxy) is 2. The number of rotatable bonds is 4. The highest BCUT2D eigenvalue weighted by Gasteiger charge is 2.13. The van der Waals surface area contributed by atoms with Gasteiger partial charge in [-0.3, -0.25) is 14.9 Å². The molecule has 1 N–H and O–H groups in total. The summed E-state index contributed by atoms with van der Waals surface area (Å²) in [6.45, 7) is 6.74. The van der Waals surface area contributed by atoms with E-state index in [0.29, 0.717) is 11.5 Å². The normalized spacial score (nSPS) is 14.9. The second kappa shape index (κ2) is 9.33. The number of carbonyl (C=O) groups excluding carboxylic acids is 1. The van der Waals surface area contributed by atoms with Gasteiger partial charge in [-0.1, -0.05) is 12.1 Å². The minimum atomic E-state index is 0.306. The number of hydrogen-bond donors (Lipinski definition) is 1. The molecule has 1 saturated heterocycles. The van der Waals surface area contributed by atoms with Crippen LogP contribution in [-0.4, -0.2) is 62.0 Å². The van der Waals surface area contributed by atoms with Gasteiger partial charge in [0.05, 0.1) is 20.3 Å². The van der Waals surface area contributed by atoms with Gasteiger partial charge in [-0.25, -0.2) is 5.06 Å². The zero-order chi connectivity index (χ0) is 15.7. The van der Waals surface area contributed by atoms with Crippen LogP contribution in [0.1, 0.15) is 11.1 Å². The Labute approximate surface area is 125 Å². The molecule has 1 aliphatic rings. The van der Waals surface area contributed by atoms with Gasteiger partial charge in [-0.15, -0.1) is 0 Å². The minimum absolute atomic E-state index is 0.306. The van der Waals surface area contributed by atoms with Crippen molar-refractivity contribution < 1.29 is 19.5 Å². The van der Waals surface area contributed by atoms with E-state index in [9.17, 15) is 4.79 Å². The van der Waals surface area contributed by atoms with E-state index in [1.807, 2.05) is 0 Å².